The number of hydrogen-bond acceptors (Lipinski definition) is 3. The minimum atomic E-state index is 0.287. The first-order valence-electron chi connectivity index (χ1n) is 7.18. The maximum Gasteiger partial charge on any atom is 0.223 e. The summed E-state index contributed by atoms with van der Waals surface area (Å²) in [6.07, 6.45) is 4.05. The van der Waals surface area contributed by atoms with Crippen LogP contribution in [0.25, 0.3) is 0 Å². The van der Waals surface area contributed by atoms with E-state index >= 15 is 0 Å². The molecule has 0 saturated carbocycles. The first kappa shape index (κ1) is 15.4. The predicted octanol–water partition coefficient (Wildman–Crippen LogP) is 1.65. The topological polar surface area (TPSA) is 41.6 Å². The summed E-state index contributed by atoms with van der Waals surface area (Å²) in [5.41, 5.74) is 0. The van der Waals surface area contributed by atoms with Gasteiger partial charge in [-0.15, -0.1) is 0 Å². The van der Waals surface area contributed by atoms with E-state index < -0.39 is 0 Å². The van der Waals surface area contributed by atoms with E-state index in [4.69, 9.17) is 4.74 Å². The lowest BCUT2D eigenvalue weighted by Gasteiger charge is -2.31. The standard InChI is InChI=1S/C14H28N2O2/c1-4-12(2)16(8-9-18-3)14(17)10-13-6-5-7-15-11-13/h12-13,15H,4-11H2,1-3H3. The second-order valence-corrected chi connectivity index (χ2v) is 5.25. The summed E-state index contributed by atoms with van der Waals surface area (Å²) in [5.74, 6) is 0.801. The molecule has 0 bridgehead atoms. The van der Waals surface area contributed by atoms with Gasteiger partial charge in [-0.25, -0.2) is 0 Å². The fourth-order valence-electron chi connectivity index (χ4n) is 2.46. The SMILES string of the molecule is CCC(C)N(CCOC)C(=O)CC1CCCNC1. The summed E-state index contributed by atoms with van der Waals surface area (Å²) in [4.78, 5) is 14.3. The molecule has 0 aromatic rings. The molecule has 1 fully saturated rings. The fourth-order valence-corrected chi connectivity index (χ4v) is 2.46. The van der Waals surface area contributed by atoms with Crippen LogP contribution < -0.4 is 5.32 Å². The lowest BCUT2D eigenvalue weighted by atomic mass is 9.95. The van der Waals surface area contributed by atoms with Gasteiger partial charge in [-0.2, -0.15) is 0 Å². The molecule has 0 aliphatic carbocycles. The highest BCUT2D eigenvalue weighted by molar-refractivity contribution is 5.76. The number of methoxy groups -OCH3 is 1. The summed E-state index contributed by atoms with van der Waals surface area (Å²) in [7, 11) is 1.68. The molecule has 4 nitrogen and oxygen atoms in total. The van der Waals surface area contributed by atoms with Crippen molar-refractivity contribution in [2.24, 2.45) is 5.92 Å². The number of ether oxygens (including phenoxy) is 1. The lowest BCUT2D eigenvalue weighted by molar-refractivity contribution is -0.135. The molecule has 4 heteroatoms. The molecule has 1 amide bonds. The van der Waals surface area contributed by atoms with Crippen molar-refractivity contribution in [2.45, 2.75) is 45.6 Å². The van der Waals surface area contributed by atoms with Crippen LogP contribution in [0.1, 0.15) is 39.5 Å². The van der Waals surface area contributed by atoms with Crippen LogP contribution in [0.5, 0.6) is 0 Å². The third kappa shape index (κ3) is 4.94. The van der Waals surface area contributed by atoms with Gasteiger partial charge in [0.15, 0.2) is 0 Å². The van der Waals surface area contributed by atoms with Crippen LogP contribution in [0.4, 0.5) is 0 Å². The zero-order valence-electron chi connectivity index (χ0n) is 12.1. The molecule has 2 unspecified atom stereocenters. The number of nitrogens with zero attached hydrogens (tertiary/aromatic N) is 1. The van der Waals surface area contributed by atoms with Gasteiger partial charge in [0.1, 0.15) is 0 Å². The summed E-state index contributed by atoms with van der Waals surface area (Å²) >= 11 is 0. The van der Waals surface area contributed by atoms with Gasteiger partial charge in [0.05, 0.1) is 6.61 Å². The van der Waals surface area contributed by atoms with Crippen molar-refractivity contribution < 1.29 is 9.53 Å². The highest BCUT2D eigenvalue weighted by atomic mass is 16.5. The number of amides is 1. The number of rotatable bonds is 7. The molecule has 0 aromatic heterocycles. The minimum absolute atomic E-state index is 0.287. The van der Waals surface area contributed by atoms with Crippen LogP contribution in [-0.2, 0) is 9.53 Å². The van der Waals surface area contributed by atoms with Crippen LogP contribution in [0.2, 0.25) is 0 Å². The number of nitrogens with one attached hydrogen (secondary N) is 1. The van der Waals surface area contributed by atoms with Gasteiger partial charge in [-0.1, -0.05) is 6.92 Å². The van der Waals surface area contributed by atoms with Gasteiger partial charge in [0.2, 0.25) is 5.91 Å². The maximum absolute atomic E-state index is 12.4. The van der Waals surface area contributed by atoms with E-state index in [9.17, 15) is 4.79 Å². The van der Waals surface area contributed by atoms with E-state index in [-0.39, 0.29) is 5.91 Å². The minimum Gasteiger partial charge on any atom is -0.383 e. The molecule has 1 saturated heterocycles. The molecule has 18 heavy (non-hydrogen) atoms. The fraction of sp³-hybridized carbons (Fsp3) is 0.929. The third-order valence-electron chi connectivity index (χ3n) is 3.84. The van der Waals surface area contributed by atoms with E-state index in [1.807, 2.05) is 4.90 Å². The van der Waals surface area contributed by atoms with Gasteiger partial charge >= 0.3 is 0 Å². The molecular formula is C14H28N2O2. The maximum atomic E-state index is 12.4. The Bertz CT molecular complexity index is 240. The number of carbonyl (C=O) groups excluding carboxylic acids is 1. The van der Waals surface area contributed by atoms with Crippen LogP contribution in [0.15, 0.2) is 0 Å². The zero-order valence-corrected chi connectivity index (χ0v) is 12.1. The van der Waals surface area contributed by atoms with E-state index in [0.717, 1.165) is 19.5 Å². The number of hydrogen-bond donors (Lipinski definition) is 1. The monoisotopic (exact) mass is 256 g/mol. The zero-order chi connectivity index (χ0) is 13.4. The predicted molar refractivity (Wildman–Crippen MR) is 73.6 cm³/mol. The van der Waals surface area contributed by atoms with Crippen molar-refractivity contribution in [1.29, 1.82) is 0 Å². The Morgan fingerprint density at radius 3 is 2.89 bits per heavy atom. The average molecular weight is 256 g/mol. The summed E-state index contributed by atoms with van der Waals surface area (Å²) < 4.78 is 5.10. The van der Waals surface area contributed by atoms with E-state index in [0.29, 0.717) is 31.5 Å². The molecule has 1 aliphatic rings. The normalized spacial score (nSPS) is 21.6. The van der Waals surface area contributed by atoms with Crippen LogP contribution in [0, 0.1) is 5.92 Å². The van der Waals surface area contributed by atoms with Crippen molar-refractivity contribution in [2.75, 3.05) is 33.4 Å². The highest BCUT2D eigenvalue weighted by Crippen LogP contribution is 2.17. The number of carbonyl (C=O) groups is 1. The Kier molecular flexibility index (Phi) is 7.28. The molecule has 106 valence electrons. The molecular weight excluding hydrogens is 228 g/mol. The Morgan fingerprint density at radius 1 is 1.56 bits per heavy atom. The molecule has 1 heterocycles. The molecule has 1 N–H and O–H groups in total. The average Bonchev–Trinajstić information content (AvgIpc) is 2.40. The smallest absolute Gasteiger partial charge is 0.223 e. The van der Waals surface area contributed by atoms with Crippen LogP contribution in [-0.4, -0.2) is 50.2 Å². The van der Waals surface area contributed by atoms with Crippen molar-refractivity contribution in [3.63, 3.8) is 0 Å². The second kappa shape index (κ2) is 8.48. The first-order valence-corrected chi connectivity index (χ1v) is 7.18. The molecule has 2 atom stereocenters. The molecule has 0 radical (unpaired) electrons. The van der Waals surface area contributed by atoms with Crippen molar-refractivity contribution >= 4 is 5.91 Å². The Morgan fingerprint density at radius 2 is 2.33 bits per heavy atom. The van der Waals surface area contributed by atoms with Crippen LogP contribution in [0.3, 0.4) is 0 Å². The molecule has 0 aromatic carbocycles. The van der Waals surface area contributed by atoms with Crippen molar-refractivity contribution in [1.82, 2.24) is 10.2 Å². The van der Waals surface area contributed by atoms with E-state index in [2.05, 4.69) is 19.2 Å². The Labute approximate surface area is 111 Å². The highest BCUT2D eigenvalue weighted by Gasteiger charge is 2.23. The van der Waals surface area contributed by atoms with Gasteiger partial charge in [-0.3, -0.25) is 4.79 Å². The molecule has 1 aliphatic heterocycles. The third-order valence-corrected chi connectivity index (χ3v) is 3.84. The largest absolute Gasteiger partial charge is 0.383 e. The number of piperidine rings is 1. The van der Waals surface area contributed by atoms with Crippen LogP contribution >= 0.6 is 0 Å². The Balaban J connectivity index is 2.46. The van der Waals surface area contributed by atoms with E-state index in [1.165, 1.54) is 12.8 Å². The first-order chi connectivity index (χ1) is 8.69. The molecule has 1 rings (SSSR count). The van der Waals surface area contributed by atoms with Gasteiger partial charge in [0.25, 0.3) is 0 Å². The van der Waals surface area contributed by atoms with Gasteiger partial charge in [0, 0.05) is 26.1 Å². The Hall–Kier alpha value is -0.610. The summed E-state index contributed by atoms with van der Waals surface area (Å²) in [5, 5.41) is 3.37. The van der Waals surface area contributed by atoms with Crippen molar-refractivity contribution in [3.05, 3.63) is 0 Å². The quantitative estimate of drug-likeness (QED) is 0.753. The van der Waals surface area contributed by atoms with Gasteiger partial charge in [-0.05, 0) is 45.2 Å². The summed E-state index contributed by atoms with van der Waals surface area (Å²) in [6, 6.07) is 0.309. The second-order valence-electron chi connectivity index (χ2n) is 5.25. The van der Waals surface area contributed by atoms with Gasteiger partial charge < -0.3 is 15.0 Å². The molecule has 0 spiro atoms. The summed E-state index contributed by atoms with van der Waals surface area (Å²) in [6.45, 7) is 7.67. The lowest BCUT2D eigenvalue weighted by Crippen LogP contribution is -2.42. The van der Waals surface area contributed by atoms with Crippen molar-refractivity contribution in [3.8, 4) is 0 Å². The van der Waals surface area contributed by atoms with E-state index in [1.54, 1.807) is 7.11 Å².